The van der Waals surface area contributed by atoms with E-state index in [0.29, 0.717) is 23.2 Å². The minimum absolute atomic E-state index is 0.402. The summed E-state index contributed by atoms with van der Waals surface area (Å²) in [4.78, 5) is 5.42. The Bertz CT molecular complexity index is 707. The zero-order chi connectivity index (χ0) is 13.9. The minimum Gasteiger partial charge on any atom is -0.459 e. The number of aromatic nitrogens is 2. The largest absolute Gasteiger partial charge is 0.459 e. The number of nitrogens with two attached hydrogens (primary N) is 1. The smallest absolute Gasteiger partial charge is 0.293 e. The Kier molecular flexibility index (Phi) is 3.47. The third-order valence-electron chi connectivity index (χ3n) is 2.81. The molecule has 3 rings (SSSR count). The third kappa shape index (κ3) is 2.70. The van der Waals surface area contributed by atoms with Crippen LogP contribution in [-0.4, -0.2) is 10.1 Å². The predicted molar refractivity (Wildman–Crippen MR) is 77.2 cm³/mol. The van der Waals surface area contributed by atoms with Gasteiger partial charge in [-0.2, -0.15) is 4.98 Å². The van der Waals surface area contributed by atoms with Crippen molar-refractivity contribution in [3.05, 3.63) is 48.0 Å². The standard InChI is InChI=1S/C14H13N3O2S/c1-9-7-10(4-5-11(9)15)20-8-13-16-14(19-17-13)12-3-2-6-18-12/h2-7H,8,15H2,1H3. The molecule has 5 nitrogen and oxygen atoms in total. The van der Waals surface area contributed by atoms with Gasteiger partial charge in [-0.3, -0.25) is 0 Å². The average Bonchev–Trinajstić information content (AvgIpc) is 3.09. The van der Waals surface area contributed by atoms with E-state index in [1.54, 1.807) is 30.2 Å². The van der Waals surface area contributed by atoms with Crippen molar-refractivity contribution >= 4 is 17.4 Å². The molecule has 0 unspecified atom stereocenters. The first-order valence-electron chi connectivity index (χ1n) is 6.08. The molecule has 0 amide bonds. The molecule has 0 fully saturated rings. The molecule has 20 heavy (non-hydrogen) atoms. The lowest BCUT2D eigenvalue weighted by atomic mass is 10.2. The number of hydrogen-bond donors (Lipinski definition) is 1. The molecule has 2 heterocycles. The van der Waals surface area contributed by atoms with Crippen LogP contribution >= 0.6 is 11.8 Å². The number of rotatable bonds is 4. The maximum Gasteiger partial charge on any atom is 0.293 e. The summed E-state index contributed by atoms with van der Waals surface area (Å²) >= 11 is 1.64. The van der Waals surface area contributed by atoms with Gasteiger partial charge in [0, 0.05) is 10.6 Å². The normalized spacial score (nSPS) is 10.8. The van der Waals surface area contributed by atoms with E-state index in [1.807, 2.05) is 25.1 Å². The van der Waals surface area contributed by atoms with Gasteiger partial charge in [0.25, 0.3) is 5.89 Å². The van der Waals surface area contributed by atoms with E-state index in [0.717, 1.165) is 16.1 Å². The van der Waals surface area contributed by atoms with Gasteiger partial charge in [0.2, 0.25) is 0 Å². The van der Waals surface area contributed by atoms with Gasteiger partial charge in [-0.15, -0.1) is 11.8 Å². The van der Waals surface area contributed by atoms with Crippen molar-refractivity contribution in [3.8, 4) is 11.7 Å². The van der Waals surface area contributed by atoms with Crippen LogP contribution < -0.4 is 5.73 Å². The maximum absolute atomic E-state index is 5.79. The second-order valence-electron chi connectivity index (χ2n) is 4.30. The summed E-state index contributed by atoms with van der Waals surface area (Å²) in [5, 5.41) is 3.94. The molecule has 0 radical (unpaired) electrons. The van der Waals surface area contributed by atoms with Gasteiger partial charge in [0.1, 0.15) is 0 Å². The van der Waals surface area contributed by atoms with Crippen LogP contribution in [0.25, 0.3) is 11.7 Å². The fourth-order valence-electron chi connectivity index (χ4n) is 1.70. The summed E-state index contributed by atoms with van der Waals surface area (Å²) < 4.78 is 10.4. The van der Waals surface area contributed by atoms with E-state index >= 15 is 0 Å². The molecule has 0 saturated heterocycles. The van der Waals surface area contributed by atoms with Crippen molar-refractivity contribution in [2.75, 3.05) is 5.73 Å². The van der Waals surface area contributed by atoms with E-state index in [1.165, 1.54) is 0 Å². The van der Waals surface area contributed by atoms with Gasteiger partial charge in [0.05, 0.1) is 12.0 Å². The molecule has 0 spiro atoms. The highest BCUT2D eigenvalue weighted by Gasteiger charge is 2.11. The van der Waals surface area contributed by atoms with Crippen molar-refractivity contribution < 1.29 is 8.94 Å². The highest BCUT2D eigenvalue weighted by atomic mass is 32.2. The predicted octanol–water partition coefficient (Wildman–Crippen LogP) is 3.51. The molecular weight excluding hydrogens is 274 g/mol. The molecule has 0 aliphatic carbocycles. The molecule has 0 aliphatic heterocycles. The summed E-state index contributed by atoms with van der Waals surface area (Å²) in [5.74, 6) is 2.25. The lowest BCUT2D eigenvalue weighted by molar-refractivity contribution is 0.411. The molecule has 2 aromatic heterocycles. The highest BCUT2D eigenvalue weighted by molar-refractivity contribution is 7.98. The average molecular weight is 287 g/mol. The quantitative estimate of drug-likeness (QED) is 0.584. The van der Waals surface area contributed by atoms with Crippen molar-refractivity contribution in [1.82, 2.24) is 10.1 Å². The topological polar surface area (TPSA) is 78.1 Å². The van der Waals surface area contributed by atoms with Crippen LogP contribution in [0, 0.1) is 6.92 Å². The molecule has 2 N–H and O–H groups in total. The monoisotopic (exact) mass is 287 g/mol. The van der Waals surface area contributed by atoms with E-state index in [-0.39, 0.29) is 0 Å². The van der Waals surface area contributed by atoms with Crippen LogP contribution in [0.15, 0.2) is 50.4 Å². The highest BCUT2D eigenvalue weighted by Crippen LogP contribution is 2.26. The van der Waals surface area contributed by atoms with Gasteiger partial charge in [-0.05, 0) is 42.8 Å². The van der Waals surface area contributed by atoms with Crippen LogP contribution in [0.4, 0.5) is 5.69 Å². The number of aryl methyl sites for hydroxylation is 1. The fourth-order valence-corrected chi connectivity index (χ4v) is 2.54. The van der Waals surface area contributed by atoms with Gasteiger partial charge in [-0.25, -0.2) is 0 Å². The molecule has 6 heteroatoms. The maximum atomic E-state index is 5.79. The van der Waals surface area contributed by atoms with Crippen LogP contribution in [0.1, 0.15) is 11.4 Å². The van der Waals surface area contributed by atoms with Gasteiger partial charge in [0.15, 0.2) is 11.6 Å². The molecule has 1 aromatic carbocycles. The zero-order valence-electron chi connectivity index (χ0n) is 10.9. The SMILES string of the molecule is Cc1cc(SCc2noc(-c3ccco3)n2)ccc1N. The van der Waals surface area contributed by atoms with Gasteiger partial charge >= 0.3 is 0 Å². The number of nitrogens with zero attached hydrogens (tertiary/aromatic N) is 2. The van der Waals surface area contributed by atoms with E-state index in [2.05, 4.69) is 10.1 Å². The molecule has 0 saturated carbocycles. The van der Waals surface area contributed by atoms with E-state index in [9.17, 15) is 0 Å². The molecule has 102 valence electrons. The molecule has 0 bridgehead atoms. The van der Waals surface area contributed by atoms with Gasteiger partial charge < -0.3 is 14.7 Å². The number of nitrogen functional groups attached to an aromatic ring is 1. The second kappa shape index (κ2) is 5.42. The minimum atomic E-state index is 0.402. The number of benzene rings is 1. The lowest BCUT2D eigenvalue weighted by Crippen LogP contribution is -1.89. The summed E-state index contributed by atoms with van der Waals surface area (Å²) in [6, 6.07) is 9.51. The Hall–Kier alpha value is -2.21. The van der Waals surface area contributed by atoms with Crippen molar-refractivity contribution in [1.29, 1.82) is 0 Å². The van der Waals surface area contributed by atoms with Crippen LogP contribution in [0.2, 0.25) is 0 Å². The molecule has 0 atom stereocenters. The van der Waals surface area contributed by atoms with Crippen LogP contribution in [-0.2, 0) is 5.75 Å². The second-order valence-corrected chi connectivity index (χ2v) is 5.35. The Morgan fingerprint density at radius 1 is 1.30 bits per heavy atom. The van der Waals surface area contributed by atoms with Crippen LogP contribution in [0.5, 0.6) is 0 Å². The summed E-state index contributed by atoms with van der Waals surface area (Å²) in [7, 11) is 0. The van der Waals surface area contributed by atoms with E-state index in [4.69, 9.17) is 14.7 Å². The van der Waals surface area contributed by atoms with E-state index < -0.39 is 0 Å². The number of anilines is 1. The van der Waals surface area contributed by atoms with Gasteiger partial charge in [-0.1, -0.05) is 5.16 Å². The number of hydrogen-bond acceptors (Lipinski definition) is 6. The van der Waals surface area contributed by atoms with Crippen molar-refractivity contribution in [3.63, 3.8) is 0 Å². The fraction of sp³-hybridized carbons (Fsp3) is 0.143. The summed E-state index contributed by atoms with van der Waals surface area (Å²) in [6.07, 6.45) is 1.57. The Labute approximate surface area is 120 Å². The summed E-state index contributed by atoms with van der Waals surface area (Å²) in [5.41, 5.74) is 7.66. The zero-order valence-corrected chi connectivity index (χ0v) is 11.7. The molecule has 0 aliphatic rings. The van der Waals surface area contributed by atoms with Crippen LogP contribution in [0.3, 0.4) is 0 Å². The third-order valence-corrected chi connectivity index (χ3v) is 3.80. The Morgan fingerprint density at radius 3 is 2.95 bits per heavy atom. The van der Waals surface area contributed by atoms with Crippen molar-refractivity contribution in [2.24, 2.45) is 0 Å². The Morgan fingerprint density at radius 2 is 2.20 bits per heavy atom. The number of furan rings is 1. The molecular formula is C14H13N3O2S. The first-order valence-corrected chi connectivity index (χ1v) is 7.06. The first-order chi connectivity index (χ1) is 9.72. The molecule has 3 aromatic rings. The lowest BCUT2D eigenvalue weighted by Gasteiger charge is -2.03. The first kappa shape index (κ1) is 12.8. The number of thioether (sulfide) groups is 1. The Balaban J connectivity index is 1.68. The van der Waals surface area contributed by atoms with Crippen molar-refractivity contribution in [2.45, 2.75) is 17.6 Å². The summed E-state index contributed by atoms with van der Waals surface area (Å²) in [6.45, 7) is 1.99.